The Labute approximate surface area is 106 Å². The molecule has 0 amide bonds. The summed E-state index contributed by atoms with van der Waals surface area (Å²) >= 11 is 5.72. The van der Waals surface area contributed by atoms with Gasteiger partial charge in [-0.25, -0.2) is 4.39 Å². The molecule has 17 heavy (non-hydrogen) atoms. The van der Waals surface area contributed by atoms with Crippen LogP contribution in [0.15, 0.2) is 18.2 Å². The van der Waals surface area contributed by atoms with Crippen molar-refractivity contribution >= 4 is 11.6 Å². The van der Waals surface area contributed by atoms with E-state index in [0.29, 0.717) is 17.0 Å². The van der Waals surface area contributed by atoms with Crippen LogP contribution in [0.3, 0.4) is 0 Å². The Balaban J connectivity index is 1.96. The number of hydrazine groups is 1. The molecule has 1 aromatic carbocycles. The maximum atomic E-state index is 13.6. The van der Waals surface area contributed by atoms with E-state index in [1.807, 2.05) is 0 Å². The summed E-state index contributed by atoms with van der Waals surface area (Å²) < 4.78 is 13.6. The number of hydrogen-bond donors (Lipinski definition) is 2. The maximum Gasteiger partial charge on any atom is 0.127 e. The van der Waals surface area contributed by atoms with Crippen molar-refractivity contribution in [3.63, 3.8) is 0 Å². The summed E-state index contributed by atoms with van der Waals surface area (Å²) in [5, 5.41) is 0.433. The molecule has 0 spiro atoms. The van der Waals surface area contributed by atoms with Crippen LogP contribution >= 0.6 is 11.6 Å². The zero-order valence-corrected chi connectivity index (χ0v) is 10.5. The summed E-state index contributed by atoms with van der Waals surface area (Å²) in [4.78, 5) is 0. The van der Waals surface area contributed by atoms with Crippen molar-refractivity contribution in [2.75, 3.05) is 0 Å². The third kappa shape index (κ3) is 3.41. The first-order chi connectivity index (χ1) is 8.19. The second-order valence-corrected chi connectivity index (χ2v) is 5.27. The molecule has 1 fully saturated rings. The average Bonchev–Trinajstić information content (AvgIpc) is 2.24. The minimum Gasteiger partial charge on any atom is -0.271 e. The zero-order valence-electron chi connectivity index (χ0n) is 9.76. The molecular weight excluding hydrogens is 239 g/mol. The molecule has 0 aliphatic heterocycles. The highest BCUT2D eigenvalue weighted by Gasteiger charge is 2.22. The van der Waals surface area contributed by atoms with Crippen molar-refractivity contribution in [2.24, 2.45) is 11.8 Å². The molecule has 1 atom stereocenters. The molecule has 0 radical (unpaired) electrons. The predicted molar refractivity (Wildman–Crippen MR) is 68.2 cm³/mol. The van der Waals surface area contributed by atoms with Crippen molar-refractivity contribution in [3.8, 4) is 0 Å². The fourth-order valence-corrected chi connectivity index (χ4v) is 2.45. The van der Waals surface area contributed by atoms with Crippen molar-refractivity contribution in [1.29, 1.82) is 0 Å². The number of benzene rings is 1. The van der Waals surface area contributed by atoms with Crippen LogP contribution in [0.1, 0.15) is 31.2 Å². The van der Waals surface area contributed by atoms with E-state index in [9.17, 15) is 4.39 Å². The van der Waals surface area contributed by atoms with Crippen LogP contribution in [-0.2, 0) is 6.42 Å². The number of hydrogen-bond acceptors (Lipinski definition) is 2. The summed E-state index contributed by atoms with van der Waals surface area (Å²) in [6.45, 7) is 0. The molecule has 94 valence electrons. The highest BCUT2D eigenvalue weighted by Crippen LogP contribution is 2.31. The summed E-state index contributed by atoms with van der Waals surface area (Å²) in [7, 11) is 0. The lowest BCUT2D eigenvalue weighted by Crippen LogP contribution is -2.39. The molecule has 3 N–H and O–H groups in total. The average molecular weight is 257 g/mol. The van der Waals surface area contributed by atoms with E-state index < -0.39 is 0 Å². The largest absolute Gasteiger partial charge is 0.271 e. The Morgan fingerprint density at radius 1 is 1.47 bits per heavy atom. The normalized spacial score (nSPS) is 17.8. The van der Waals surface area contributed by atoms with Gasteiger partial charge in [0.15, 0.2) is 0 Å². The van der Waals surface area contributed by atoms with Gasteiger partial charge in [-0.1, -0.05) is 36.9 Å². The van der Waals surface area contributed by atoms with Crippen molar-refractivity contribution in [3.05, 3.63) is 34.6 Å². The van der Waals surface area contributed by atoms with E-state index in [0.717, 1.165) is 12.3 Å². The molecule has 0 heterocycles. The second-order valence-electron chi connectivity index (χ2n) is 4.84. The fraction of sp³-hybridized carbons (Fsp3) is 0.538. The molecule has 0 aromatic heterocycles. The van der Waals surface area contributed by atoms with Gasteiger partial charge in [0.1, 0.15) is 5.82 Å². The van der Waals surface area contributed by atoms with E-state index in [-0.39, 0.29) is 11.9 Å². The SMILES string of the molecule is NNC(Cc1ccc(Cl)cc1F)CC1CCC1. The topological polar surface area (TPSA) is 38.0 Å². The fourth-order valence-electron chi connectivity index (χ4n) is 2.29. The number of nitrogens with one attached hydrogen (secondary N) is 1. The summed E-state index contributed by atoms with van der Waals surface area (Å²) in [5.74, 6) is 6.04. The van der Waals surface area contributed by atoms with E-state index >= 15 is 0 Å². The van der Waals surface area contributed by atoms with E-state index in [1.54, 1.807) is 12.1 Å². The molecular formula is C13H18ClFN2. The van der Waals surface area contributed by atoms with E-state index in [2.05, 4.69) is 5.43 Å². The van der Waals surface area contributed by atoms with Crippen LogP contribution in [0, 0.1) is 11.7 Å². The molecule has 1 unspecified atom stereocenters. The van der Waals surface area contributed by atoms with Gasteiger partial charge in [0, 0.05) is 11.1 Å². The van der Waals surface area contributed by atoms with Gasteiger partial charge in [-0.15, -0.1) is 0 Å². The first-order valence-corrected chi connectivity index (χ1v) is 6.47. The highest BCUT2D eigenvalue weighted by molar-refractivity contribution is 6.30. The standard InChI is InChI=1S/C13H18ClFN2/c14-11-5-4-10(13(15)8-11)7-12(17-16)6-9-2-1-3-9/h4-5,8-9,12,17H,1-3,6-7,16H2. The quantitative estimate of drug-likeness (QED) is 0.628. The number of halogens is 2. The van der Waals surface area contributed by atoms with Gasteiger partial charge < -0.3 is 0 Å². The summed E-state index contributed by atoms with van der Waals surface area (Å²) in [5.41, 5.74) is 3.47. The Hall–Kier alpha value is -0.640. The molecule has 0 saturated heterocycles. The molecule has 4 heteroatoms. The maximum absolute atomic E-state index is 13.6. The Kier molecular flexibility index (Phi) is 4.37. The van der Waals surface area contributed by atoms with Crippen LogP contribution < -0.4 is 11.3 Å². The van der Waals surface area contributed by atoms with Crippen molar-refractivity contribution < 1.29 is 4.39 Å². The monoisotopic (exact) mass is 256 g/mol. The number of nitrogens with two attached hydrogens (primary N) is 1. The summed E-state index contributed by atoms with van der Waals surface area (Å²) in [6, 6.07) is 4.96. The van der Waals surface area contributed by atoms with Crippen LogP contribution in [0.2, 0.25) is 5.02 Å². The predicted octanol–water partition coefficient (Wildman–Crippen LogP) is 3.04. The molecule has 0 bridgehead atoms. The zero-order chi connectivity index (χ0) is 12.3. The first kappa shape index (κ1) is 12.8. The van der Waals surface area contributed by atoms with Crippen LogP contribution in [0.5, 0.6) is 0 Å². The minimum absolute atomic E-state index is 0.149. The molecule has 1 saturated carbocycles. The van der Waals surface area contributed by atoms with E-state index in [1.165, 1.54) is 25.3 Å². The van der Waals surface area contributed by atoms with Crippen molar-refractivity contribution in [1.82, 2.24) is 5.43 Å². The van der Waals surface area contributed by atoms with Gasteiger partial charge in [0.2, 0.25) is 0 Å². The molecule has 2 nitrogen and oxygen atoms in total. The van der Waals surface area contributed by atoms with Crippen LogP contribution in [0.25, 0.3) is 0 Å². The van der Waals surface area contributed by atoms with Crippen LogP contribution in [0.4, 0.5) is 4.39 Å². The van der Waals surface area contributed by atoms with Gasteiger partial charge in [0.05, 0.1) is 0 Å². The van der Waals surface area contributed by atoms with Crippen LogP contribution in [-0.4, -0.2) is 6.04 Å². The van der Waals surface area contributed by atoms with Gasteiger partial charge in [-0.3, -0.25) is 11.3 Å². The van der Waals surface area contributed by atoms with Gasteiger partial charge in [-0.05, 0) is 36.5 Å². The van der Waals surface area contributed by atoms with Gasteiger partial charge in [0.25, 0.3) is 0 Å². The van der Waals surface area contributed by atoms with Gasteiger partial charge in [-0.2, -0.15) is 0 Å². The smallest absolute Gasteiger partial charge is 0.127 e. The molecule has 1 aliphatic rings. The van der Waals surface area contributed by atoms with Crippen molar-refractivity contribution in [2.45, 2.75) is 38.1 Å². The Bertz CT molecular complexity index is 380. The lowest BCUT2D eigenvalue weighted by Gasteiger charge is -2.29. The number of rotatable bonds is 5. The Morgan fingerprint density at radius 2 is 2.24 bits per heavy atom. The van der Waals surface area contributed by atoms with Gasteiger partial charge >= 0.3 is 0 Å². The molecule has 1 aromatic rings. The highest BCUT2D eigenvalue weighted by atomic mass is 35.5. The third-order valence-corrected chi connectivity index (χ3v) is 3.79. The first-order valence-electron chi connectivity index (χ1n) is 6.09. The second kappa shape index (κ2) is 5.80. The molecule has 1 aliphatic carbocycles. The van der Waals surface area contributed by atoms with E-state index in [4.69, 9.17) is 17.4 Å². The third-order valence-electron chi connectivity index (χ3n) is 3.56. The lowest BCUT2D eigenvalue weighted by atomic mass is 9.80. The summed E-state index contributed by atoms with van der Waals surface area (Å²) in [6.07, 6.45) is 5.52. The lowest BCUT2D eigenvalue weighted by molar-refractivity contribution is 0.259. The Morgan fingerprint density at radius 3 is 2.76 bits per heavy atom. The molecule has 2 rings (SSSR count). The minimum atomic E-state index is -0.244.